The van der Waals surface area contributed by atoms with Gasteiger partial charge in [-0.2, -0.15) is 0 Å². The molecular formula is C16H22N2O. The van der Waals surface area contributed by atoms with Crippen LogP contribution in [0.2, 0.25) is 0 Å². The second-order valence-corrected chi connectivity index (χ2v) is 5.93. The molecule has 3 rings (SSSR count). The van der Waals surface area contributed by atoms with Gasteiger partial charge in [0.15, 0.2) is 0 Å². The van der Waals surface area contributed by atoms with Crippen molar-refractivity contribution in [2.45, 2.75) is 51.5 Å². The van der Waals surface area contributed by atoms with Crippen LogP contribution >= 0.6 is 0 Å². The SMILES string of the molecule is CC(N)CCc1cc2c3c(c1)CCC(=O)N3CCC2. The third-order valence-electron chi connectivity index (χ3n) is 4.22. The molecule has 1 aromatic rings. The number of rotatable bonds is 3. The zero-order chi connectivity index (χ0) is 13.4. The number of carbonyl (C=O) groups is 1. The van der Waals surface area contributed by atoms with Crippen LogP contribution < -0.4 is 10.6 Å². The van der Waals surface area contributed by atoms with E-state index in [0.29, 0.717) is 12.3 Å². The van der Waals surface area contributed by atoms with Gasteiger partial charge < -0.3 is 10.6 Å². The zero-order valence-corrected chi connectivity index (χ0v) is 11.6. The smallest absolute Gasteiger partial charge is 0.227 e. The molecule has 0 radical (unpaired) electrons. The van der Waals surface area contributed by atoms with Crippen molar-refractivity contribution < 1.29 is 4.79 Å². The van der Waals surface area contributed by atoms with Crippen LogP contribution in [0.15, 0.2) is 12.1 Å². The summed E-state index contributed by atoms with van der Waals surface area (Å²) in [7, 11) is 0. The Kier molecular flexibility index (Phi) is 3.31. The van der Waals surface area contributed by atoms with Crippen LogP contribution in [0.5, 0.6) is 0 Å². The Morgan fingerprint density at radius 2 is 2.00 bits per heavy atom. The number of aryl methyl sites for hydroxylation is 3. The molecule has 3 nitrogen and oxygen atoms in total. The van der Waals surface area contributed by atoms with Gasteiger partial charge in [-0.25, -0.2) is 0 Å². The van der Waals surface area contributed by atoms with Crippen LogP contribution in [0.3, 0.4) is 0 Å². The first kappa shape index (κ1) is 12.7. The minimum atomic E-state index is 0.255. The molecule has 2 aliphatic rings. The number of hydrogen-bond donors (Lipinski definition) is 1. The first-order chi connectivity index (χ1) is 9.15. The molecule has 3 heteroatoms. The van der Waals surface area contributed by atoms with Crippen molar-refractivity contribution in [3.05, 3.63) is 28.8 Å². The van der Waals surface area contributed by atoms with Crippen LogP contribution in [0.1, 0.15) is 42.9 Å². The van der Waals surface area contributed by atoms with Gasteiger partial charge in [-0.05, 0) is 55.7 Å². The first-order valence-electron chi connectivity index (χ1n) is 7.36. The molecule has 0 fully saturated rings. The van der Waals surface area contributed by atoms with Gasteiger partial charge in [0.1, 0.15) is 0 Å². The maximum atomic E-state index is 12.0. The Morgan fingerprint density at radius 3 is 2.74 bits per heavy atom. The van der Waals surface area contributed by atoms with E-state index in [1.54, 1.807) is 0 Å². The van der Waals surface area contributed by atoms with Gasteiger partial charge in [0.05, 0.1) is 5.69 Å². The average molecular weight is 258 g/mol. The lowest BCUT2D eigenvalue weighted by Gasteiger charge is -2.35. The fourth-order valence-electron chi connectivity index (χ4n) is 3.26. The topological polar surface area (TPSA) is 46.3 Å². The number of anilines is 1. The molecule has 0 bridgehead atoms. The summed E-state index contributed by atoms with van der Waals surface area (Å²) in [6.45, 7) is 2.96. The molecule has 0 saturated heterocycles. The van der Waals surface area contributed by atoms with Crippen LogP contribution in [-0.4, -0.2) is 18.5 Å². The van der Waals surface area contributed by atoms with E-state index in [1.807, 2.05) is 4.90 Å². The van der Waals surface area contributed by atoms with Gasteiger partial charge in [-0.1, -0.05) is 12.1 Å². The van der Waals surface area contributed by atoms with E-state index in [4.69, 9.17) is 5.73 Å². The first-order valence-corrected chi connectivity index (χ1v) is 7.36. The number of nitrogens with two attached hydrogens (primary N) is 1. The highest BCUT2D eigenvalue weighted by atomic mass is 16.2. The van der Waals surface area contributed by atoms with E-state index >= 15 is 0 Å². The summed E-state index contributed by atoms with van der Waals surface area (Å²) in [5, 5.41) is 0. The molecule has 102 valence electrons. The Bertz CT molecular complexity index is 490. The highest BCUT2D eigenvalue weighted by molar-refractivity contribution is 5.97. The van der Waals surface area contributed by atoms with Crippen molar-refractivity contribution in [2.75, 3.05) is 11.4 Å². The molecule has 0 spiro atoms. The largest absolute Gasteiger partial charge is 0.328 e. The Balaban J connectivity index is 1.95. The highest BCUT2D eigenvalue weighted by Gasteiger charge is 2.29. The lowest BCUT2D eigenvalue weighted by Crippen LogP contribution is -2.39. The maximum Gasteiger partial charge on any atom is 0.227 e. The standard InChI is InChI=1S/C16H22N2O/c1-11(17)4-5-12-9-13-3-2-8-18-15(19)7-6-14(10-12)16(13)18/h9-11H,2-8,17H2,1H3. The Morgan fingerprint density at radius 1 is 1.26 bits per heavy atom. The van der Waals surface area contributed by atoms with Gasteiger partial charge >= 0.3 is 0 Å². The molecule has 2 N–H and O–H groups in total. The Hall–Kier alpha value is -1.35. The van der Waals surface area contributed by atoms with E-state index in [-0.39, 0.29) is 6.04 Å². The van der Waals surface area contributed by atoms with Gasteiger partial charge in [0, 0.05) is 19.0 Å². The third kappa shape index (κ3) is 2.39. The van der Waals surface area contributed by atoms with Crippen LogP contribution in [0, 0.1) is 0 Å². The summed E-state index contributed by atoms with van der Waals surface area (Å²) >= 11 is 0. The molecule has 1 aromatic carbocycles. The highest BCUT2D eigenvalue weighted by Crippen LogP contribution is 2.36. The lowest BCUT2D eigenvalue weighted by molar-refractivity contribution is -0.119. The normalized spacial score (nSPS) is 19.3. The van der Waals surface area contributed by atoms with E-state index in [2.05, 4.69) is 19.1 Å². The summed E-state index contributed by atoms with van der Waals surface area (Å²) in [4.78, 5) is 14.0. The van der Waals surface area contributed by atoms with Crippen molar-refractivity contribution in [3.63, 3.8) is 0 Å². The van der Waals surface area contributed by atoms with Gasteiger partial charge in [0.2, 0.25) is 5.91 Å². The molecule has 2 aliphatic heterocycles. The molecule has 0 aromatic heterocycles. The molecule has 19 heavy (non-hydrogen) atoms. The monoisotopic (exact) mass is 258 g/mol. The number of amides is 1. The summed E-state index contributed by atoms with van der Waals surface area (Å²) < 4.78 is 0. The third-order valence-corrected chi connectivity index (χ3v) is 4.22. The molecule has 1 unspecified atom stereocenters. The molecule has 0 saturated carbocycles. The number of carbonyl (C=O) groups excluding carboxylic acids is 1. The fraction of sp³-hybridized carbons (Fsp3) is 0.562. The van der Waals surface area contributed by atoms with E-state index < -0.39 is 0 Å². The van der Waals surface area contributed by atoms with Crippen molar-refractivity contribution in [3.8, 4) is 0 Å². The predicted octanol–water partition coefficient (Wildman–Crippen LogP) is 2.19. The van der Waals surface area contributed by atoms with Crippen molar-refractivity contribution in [1.82, 2.24) is 0 Å². The molecule has 1 atom stereocenters. The van der Waals surface area contributed by atoms with E-state index in [9.17, 15) is 4.79 Å². The minimum Gasteiger partial charge on any atom is -0.328 e. The van der Waals surface area contributed by atoms with Crippen LogP contribution in [0.25, 0.3) is 0 Å². The van der Waals surface area contributed by atoms with E-state index in [1.165, 1.54) is 22.4 Å². The van der Waals surface area contributed by atoms with Crippen molar-refractivity contribution in [2.24, 2.45) is 5.73 Å². The quantitative estimate of drug-likeness (QED) is 0.903. The number of nitrogens with zero attached hydrogens (tertiary/aromatic N) is 1. The fourth-order valence-corrected chi connectivity index (χ4v) is 3.26. The maximum absolute atomic E-state index is 12.0. The number of benzene rings is 1. The molecule has 1 amide bonds. The molecule has 0 aliphatic carbocycles. The lowest BCUT2D eigenvalue weighted by atomic mass is 9.88. The summed E-state index contributed by atoms with van der Waals surface area (Å²) in [6, 6.07) is 4.85. The van der Waals surface area contributed by atoms with Crippen LogP contribution in [0.4, 0.5) is 5.69 Å². The van der Waals surface area contributed by atoms with Crippen LogP contribution in [-0.2, 0) is 24.1 Å². The summed E-state index contributed by atoms with van der Waals surface area (Å²) in [5.74, 6) is 0.303. The second kappa shape index (κ2) is 4.97. The van der Waals surface area contributed by atoms with Gasteiger partial charge in [-0.15, -0.1) is 0 Å². The van der Waals surface area contributed by atoms with Crippen molar-refractivity contribution in [1.29, 1.82) is 0 Å². The summed E-state index contributed by atoms with van der Waals surface area (Å²) in [6.07, 6.45) is 5.85. The Labute approximate surface area is 114 Å². The molecular weight excluding hydrogens is 236 g/mol. The average Bonchev–Trinajstić information content (AvgIpc) is 2.40. The van der Waals surface area contributed by atoms with Gasteiger partial charge in [-0.3, -0.25) is 4.79 Å². The number of hydrogen-bond acceptors (Lipinski definition) is 2. The van der Waals surface area contributed by atoms with Gasteiger partial charge in [0.25, 0.3) is 0 Å². The second-order valence-electron chi connectivity index (χ2n) is 5.93. The summed E-state index contributed by atoms with van der Waals surface area (Å²) in [5.41, 5.74) is 11.2. The molecule has 2 heterocycles. The van der Waals surface area contributed by atoms with E-state index in [0.717, 1.165) is 38.6 Å². The van der Waals surface area contributed by atoms with Crippen molar-refractivity contribution >= 4 is 11.6 Å². The zero-order valence-electron chi connectivity index (χ0n) is 11.6. The minimum absolute atomic E-state index is 0.255. The predicted molar refractivity (Wildman–Crippen MR) is 77.4 cm³/mol.